The molecule has 14 heavy (non-hydrogen) atoms. The second-order valence-corrected chi connectivity index (χ2v) is 4.48. The quantitative estimate of drug-likeness (QED) is 0.544. The molecule has 4 heteroatoms. The Hall–Kier alpha value is -0.900. The molecule has 2 N–H and O–H groups in total. The van der Waals surface area contributed by atoms with E-state index in [0.29, 0.717) is 0 Å². The molecule has 0 amide bonds. The van der Waals surface area contributed by atoms with E-state index < -0.39 is 11.6 Å². The van der Waals surface area contributed by atoms with E-state index in [1.54, 1.807) is 27.7 Å². The van der Waals surface area contributed by atoms with Gasteiger partial charge in [-0.15, -0.1) is 0 Å². The van der Waals surface area contributed by atoms with E-state index in [-0.39, 0.29) is 24.7 Å². The van der Waals surface area contributed by atoms with Gasteiger partial charge in [-0.25, -0.2) is 0 Å². The van der Waals surface area contributed by atoms with Gasteiger partial charge >= 0.3 is 5.97 Å². The van der Waals surface area contributed by atoms with Gasteiger partial charge in [-0.3, -0.25) is 9.59 Å². The zero-order valence-electron chi connectivity index (χ0n) is 9.29. The van der Waals surface area contributed by atoms with E-state index in [1.807, 2.05) is 0 Å². The smallest absolute Gasteiger partial charge is 0.313 e. The number of hydrogen-bond donors (Lipinski definition) is 1. The standard InChI is InChI=1S/C10H19NO3/c1-7(11)5-8(12)6-9(13)14-10(2,3)4/h7H,5-6,11H2,1-4H3/t7-/m0/s1. The minimum absolute atomic E-state index is 0.172. The summed E-state index contributed by atoms with van der Waals surface area (Å²) >= 11 is 0. The number of carbonyl (C=O) groups excluding carboxylic acids is 2. The molecule has 0 fully saturated rings. The average molecular weight is 201 g/mol. The topological polar surface area (TPSA) is 69.4 Å². The van der Waals surface area contributed by atoms with Crippen LogP contribution in [0.25, 0.3) is 0 Å². The van der Waals surface area contributed by atoms with Crippen molar-refractivity contribution >= 4 is 11.8 Å². The fraction of sp³-hybridized carbons (Fsp3) is 0.800. The van der Waals surface area contributed by atoms with Crippen LogP contribution in [0.1, 0.15) is 40.5 Å². The molecule has 0 aromatic rings. The van der Waals surface area contributed by atoms with Gasteiger partial charge in [0.2, 0.25) is 0 Å². The van der Waals surface area contributed by atoms with Crippen molar-refractivity contribution in [2.24, 2.45) is 5.73 Å². The molecular weight excluding hydrogens is 182 g/mol. The minimum atomic E-state index is -0.536. The monoisotopic (exact) mass is 201 g/mol. The van der Waals surface area contributed by atoms with Crippen LogP contribution in [-0.2, 0) is 14.3 Å². The molecule has 0 heterocycles. The molecule has 4 nitrogen and oxygen atoms in total. The largest absolute Gasteiger partial charge is 0.460 e. The zero-order valence-corrected chi connectivity index (χ0v) is 9.29. The van der Waals surface area contributed by atoms with Crippen molar-refractivity contribution in [2.45, 2.75) is 52.2 Å². The fourth-order valence-electron chi connectivity index (χ4n) is 0.970. The maximum atomic E-state index is 11.2. The van der Waals surface area contributed by atoms with Crippen LogP contribution in [0.15, 0.2) is 0 Å². The molecule has 0 aromatic carbocycles. The molecule has 82 valence electrons. The summed E-state index contributed by atoms with van der Waals surface area (Å²) in [7, 11) is 0. The van der Waals surface area contributed by atoms with Crippen molar-refractivity contribution in [3.63, 3.8) is 0 Å². The summed E-state index contributed by atoms with van der Waals surface area (Å²) in [6.45, 7) is 7.02. The first kappa shape index (κ1) is 13.1. The molecular formula is C10H19NO3. The number of hydrogen-bond acceptors (Lipinski definition) is 4. The normalized spacial score (nSPS) is 13.5. The van der Waals surface area contributed by atoms with Gasteiger partial charge in [-0.05, 0) is 27.7 Å². The van der Waals surface area contributed by atoms with Crippen LogP contribution in [-0.4, -0.2) is 23.4 Å². The Bertz CT molecular complexity index is 216. The van der Waals surface area contributed by atoms with Crippen molar-refractivity contribution in [3.05, 3.63) is 0 Å². The van der Waals surface area contributed by atoms with Crippen LogP contribution < -0.4 is 5.73 Å². The highest BCUT2D eigenvalue weighted by molar-refractivity contribution is 5.95. The molecule has 0 aliphatic heterocycles. The summed E-state index contributed by atoms with van der Waals surface area (Å²) in [5.41, 5.74) is 4.89. The van der Waals surface area contributed by atoms with Crippen molar-refractivity contribution in [1.82, 2.24) is 0 Å². The van der Waals surface area contributed by atoms with E-state index in [9.17, 15) is 9.59 Å². The Kier molecular flexibility index (Phi) is 4.77. The fourth-order valence-corrected chi connectivity index (χ4v) is 0.970. The SMILES string of the molecule is C[C@H](N)CC(=O)CC(=O)OC(C)(C)C. The maximum Gasteiger partial charge on any atom is 0.313 e. The Labute approximate surface area is 84.8 Å². The maximum absolute atomic E-state index is 11.2. The molecule has 0 bridgehead atoms. The third kappa shape index (κ3) is 7.73. The van der Waals surface area contributed by atoms with Gasteiger partial charge in [0.1, 0.15) is 17.8 Å². The molecule has 0 aliphatic rings. The number of rotatable bonds is 4. The Balaban J connectivity index is 3.90. The lowest BCUT2D eigenvalue weighted by atomic mass is 10.1. The van der Waals surface area contributed by atoms with Gasteiger partial charge in [0.15, 0.2) is 0 Å². The van der Waals surface area contributed by atoms with E-state index in [4.69, 9.17) is 10.5 Å². The van der Waals surface area contributed by atoms with E-state index >= 15 is 0 Å². The molecule has 0 rings (SSSR count). The first-order valence-electron chi connectivity index (χ1n) is 4.70. The second-order valence-electron chi connectivity index (χ2n) is 4.48. The predicted octanol–water partition coefficient (Wildman–Crippen LogP) is 1.02. The molecule has 0 aliphatic carbocycles. The highest BCUT2D eigenvalue weighted by Crippen LogP contribution is 2.08. The molecule has 0 unspecified atom stereocenters. The zero-order chi connectivity index (χ0) is 11.4. The summed E-state index contributed by atoms with van der Waals surface area (Å²) in [6, 6.07) is -0.204. The number of nitrogens with two attached hydrogens (primary N) is 1. The van der Waals surface area contributed by atoms with Gasteiger partial charge in [0.25, 0.3) is 0 Å². The van der Waals surface area contributed by atoms with Crippen LogP contribution in [0.5, 0.6) is 0 Å². The number of ketones is 1. The Morgan fingerprint density at radius 2 is 1.86 bits per heavy atom. The molecule has 1 atom stereocenters. The van der Waals surface area contributed by atoms with Crippen molar-refractivity contribution in [3.8, 4) is 0 Å². The third-order valence-electron chi connectivity index (χ3n) is 1.31. The average Bonchev–Trinajstić information content (AvgIpc) is 1.77. The first-order valence-corrected chi connectivity index (χ1v) is 4.70. The lowest BCUT2D eigenvalue weighted by Gasteiger charge is -2.19. The Morgan fingerprint density at radius 3 is 2.21 bits per heavy atom. The molecule has 0 spiro atoms. The Morgan fingerprint density at radius 1 is 1.36 bits per heavy atom. The molecule has 0 saturated carbocycles. The summed E-state index contributed by atoms with van der Waals surface area (Å²) in [5.74, 6) is -0.655. The number of ether oxygens (including phenoxy) is 1. The summed E-state index contributed by atoms with van der Waals surface area (Å²) in [5, 5.41) is 0. The number of esters is 1. The van der Waals surface area contributed by atoms with Crippen LogP contribution >= 0.6 is 0 Å². The highest BCUT2D eigenvalue weighted by Gasteiger charge is 2.19. The van der Waals surface area contributed by atoms with Crippen molar-refractivity contribution < 1.29 is 14.3 Å². The number of Topliss-reactive ketones (excluding diaryl/α,β-unsaturated/α-hetero) is 1. The third-order valence-corrected chi connectivity index (χ3v) is 1.31. The van der Waals surface area contributed by atoms with Gasteiger partial charge < -0.3 is 10.5 Å². The van der Waals surface area contributed by atoms with Crippen LogP contribution in [0, 0.1) is 0 Å². The van der Waals surface area contributed by atoms with Gasteiger partial charge in [0.05, 0.1) is 0 Å². The minimum Gasteiger partial charge on any atom is -0.460 e. The lowest BCUT2D eigenvalue weighted by Crippen LogP contribution is -2.27. The van der Waals surface area contributed by atoms with E-state index in [2.05, 4.69) is 0 Å². The summed E-state index contributed by atoms with van der Waals surface area (Å²) in [4.78, 5) is 22.3. The second kappa shape index (κ2) is 5.10. The van der Waals surface area contributed by atoms with Crippen LogP contribution in [0.2, 0.25) is 0 Å². The van der Waals surface area contributed by atoms with Gasteiger partial charge in [0, 0.05) is 12.5 Å². The van der Waals surface area contributed by atoms with Gasteiger partial charge in [-0.1, -0.05) is 0 Å². The van der Waals surface area contributed by atoms with E-state index in [1.165, 1.54) is 0 Å². The lowest BCUT2D eigenvalue weighted by molar-refractivity contribution is -0.156. The molecule has 0 saturated heterocycles. The van der Waals surface area contributed by atoms with Crippen molar-refractivity contribution in [1.29, 1.82) is 0 Å². The highest BCUT2D eigenvalue weighted by atomic mass is 16.6. The molecule has 0 radical (unpaired) electrons. The van der Waals surface area contributed by atoms with Crippen molar-refractivity contribution in [2.75, 3.05) is 0 Å². The summed E-state index contributed by atoms with van der Waals surface area (Å²) < 4.78 is 4.99. The van der Waals surface area contributed by atoms with E-state index in [0.717, 1.165) is 0 Å². The van der Waals surface area contributed by atoms with Gasteiger partial charge in [-0.2, -0.15) is 0 Å². The van der Waals surface area contributed by atoms with Crippen LogP contribution in [0.3, 0.4) is 0 Å². The first-order chi connectivity index (χ1) is 6.20. The predicted molar refractivity (Wildman–Crippen MR) is 53.7 cm³/mol. The number of carbonyl (C=O) groups is 2. The van der Waals surface area contributed by atoms with Crippen LogP contribution in [0.4, 0.5) is 0 Å². The summed E-state index contributed by atoms with van der Waals surface area (Å²) in [6.07, 6.45) is 0.0397. The molecule has 0 aromatic heterocycles.